The van der Waals surface area contributed by atoms with Crippen LogP contribution in [0, 0.1) is 12.8 Å². The summed E-state index contributed by atoms with van der Waals surface area (Å²) in [5.74, 6) is 0.424. The lowest BCUT2D eigenvalue weighted by atomic mass is 10.0. The van der Waals surface area contributed by atoms with Crippen molar-refractivity contribution in [3.8, 4) is 0 Å². The fraction of sp³-hybridized carbons (Fsp3) is 0.533. The fourth-order valence-electron chi connectivity index (χ4n) is 2.36. The first-order chi connectivity index (χ1) is 8.65. The average Bonchev–Trinajstić information content (AvgIpc) is 2.81. The van der Waals surface area contributed by atoms with Crippen molar-refractivity contribution in [1.82, 2.24) is 4.90 Å². The van der Waals surface area contributed by atoms with Gasteiger partial charge in [0.2, 0.25) is 0 Å². The molecule has 0 saturated carbocycles. The molecule has 98 valence electrons. The summed E-state index contributed by atoms with van der Waals surface area (Å²) < 4.78 is 5.25. The topological polar surface area (TPSA) is 29.5 Å². The van der Waals surface area contributed by atoms with Crippen molar-refractivity contribution in [2.45, 2.75) is 19.9 Å². The number of carbonyl (C=O) groups is 1. The van der Waals surface area contributed by atoms with Gasteiger partial charge in [-0.15, -0.1) is 0 Å². The summed E-state index contributed by atoms with van der Waals surface area (Å²) in [6.07, 6.45) is 0.886. The zero-order valence-electron chi connectivity index (χ0n) is 11.2. The number of benzene rings is 1. The van der Waals surface area contributed by atoms with Crippen LogP contribution in [0.4, 0.5) is 0 Å². The molecule has 3 nitrogen and oxygen atoms in total. The van der Waals surface area contributed by atoms with Gasteiger partial charge in [-0.3, -0.25) is 9.69 Å². The SMILES string of the molecule is Cc1cccc(CN(C)CC(=O)C2CCOC2)c1. The third-order valence-corrected chi connectivity index (χ3v) is 3.35. The summed E-state index contributed by atoms with van der Waals surface area (Å²) in [6, 6.07) is 8.42. The molecule has 1 saturated heterocycles. The van der Waals surface area contributed by atoms with Gasteiger partial charge in [-0.1, -0.05) is 29.8 Å². The monoisotopic (exact) mass is 247 g/mol. The summed E-state index contributed by atoms with van der Waals surface area (Å²) in [4.78, 5) is 14.1. The predicted octanol–water partition coefficient (Wildman–Crippen LogP) is 2.03. The van der Waals surface area contributed by atoms with Crippen LogP contribution in [0.1, 0.15) is 17.5 Å². The lowest BCUT2D eigenvalue weighted by Crippen LogP contribution is -2.30. The summed E-state index contributed by atoms with van der Waals surface area (Å²) in [5.41, 5.74) is 2.52. The van der Waals surface area contributed by atoms with Crippen molar-refractivity contribution in [3.63, 3.8) is 0 Å². The van der Waals surface area contributed by atoms with E-state index in [1.165, 1.54) is 11.1 Å². The minimum Gasteiger partial charge on any atom is -0.381 e. The van der Waals surface area contributed by atoms with Gasteiger partial charge in [0.25, 0.3) is 0 Å². The summed E-state index contributed by atoms with van der Waals surface area (Å²) in [6.45, 7) is 4.77. The van der Waals surface area contributed by atoms with Gasteiger partial charge in [-0.2, -0.15) is 0 Å². The van der Waals surface area contributed by atoms with E-state index in [4.69, 9.17) is 4.74 Å². The molecule has 1 aromatic rings. The van der Waals surface area contributed by atoms with Gasteiger partial charge < -0.3 is 4.74 Å². The van der Waals surface area contributed by atoms with Crippen LogP contribution in [0.5, 0.6) is 0 Å². The van der Waals surface area contributed by atoms with E-state index in [9.17, 15) is 4.79 Å². The van der Waals surface area contributed by atoms with Crippen molar-refractivity contribution in [2.24, 2.45) is 5.92 Å². The molecular formula is C15H21NO2. The normalized spacial score (nSPS) is 19.4. The molecule has 1 atom stereocenters. The first kappa shape index (κ1) is 13.2. The Morgan fingerprint density at radius 2 is 2.33 bits per heavy atom. The standard InChI is InChI=1S/C15H21NO2/c1-12-4-3-5-13(8-12)9-16(2)10-15(17)14-6-7-18-11-14/h3-5,8,14H,6-7,9-11H2,1-2H3. The molecule has 1 heterocycles. The first-order valence-electron chi connectivity index (χ1n) is 6.49. The molecule has 1 aliphatic heterocycles. The van der Waals surface area contributed by atoms with Crippen LogP contribution >= 0.6 is 0 Å². The van der Waals surface area contributed by atoms with Gasteiger partial charge >= 0.3 is 0 Å². The number of hydrogen-bond acceptors (Lipinski definition) is 3. The number of Topliss-reactive ketones (excluding diaryl/α,β-unsaturated/α-hetero) is 1. The number of hydrogen-bond donors (Lipinski definition) is 0. The van der Waals surface area contributed by atoms with Gasteiger partial charge in [0.1, 0.15) is 0 Å². The van der Waals surface area contributed by atoms with Crippen LogP contribution in [0.25, 0.3) is 0 Å². The van der Waals surface area contributed by atoms with E-state index in [2.05, 4.69) is 36.1 Å². The average molecular weight is 247 g/mol. The molecule has 0 amide bonds. The highest BCUT2D eigenvalue weighted by atomic mass is 16.5. The van der Waals surface area contributed by atoms with Crippen molar-refractivity contribution >= 4 is 5.78 Å². The largest absolute Gasteiger partial charge is 0.381 e. The Kier molecular flexibility index (Phi) is 4.50. The quantitative estimate of drug-likeness (QED) is 0.797. The van der Waals surface area contributed by atoms with Gasteiger partial charge in [0.15, 0.2) is 5.78 Å². The molecule has 3 heteroatoms. The highest BCUT2D eigenvalue weighted by molar-refractivity contribution is 5.83. The molecular weight excluding hydrogens is 226 g/mol. The van der Waals surface area contributed by atoms with Crippen LogP contribution in [0.2, 0.25) is 0 Å². The van der Waals surface area contributed by atoms with E-state index in [0.29, 0.717) is 18.9 Å². The van der Waals surface area contributed by atoms with E-state index < -0.39 is 0 Å². The Bertz CT molecular complexity index is 411. The molecule has 1 unspecified atom stereocenters. The number of carbonyl (C=O) groups excluding carboxylic acids is 1. The second kappa shape index (κ2) is 6.12. The zero-order chi connectivity index (χ0) is 13.0. The lowest BCUT2D eigenvalue weighted by molar-refractivity contribution is -0.123. The maximum absolute atomic E-state index is 12.0. The van der Waals surface area contributed by atoms with Gasteiger partial charge in [-0.25, -0.2) is 0 Å². The molecule has 1 fully saturated rings. The minimum absolute atomic E-state index is 0.116. The Balaban J connectivity index is 1.84. The smallest absolute Gasteiger partial charge is 0.152 e. The lowest BCUT2D eigenvalue weighted by Gasteiger charge is -2.17. The summed E-state index contributed by atoms with van der Waals surface area (Å²) in [5, 5.41) is 0. The molecule has 1 aromatic carbocycles. The predicted molar refractivity (Wildman–Crippen MR) is 71.4 cm³/mol. The summed E-state index contributed by atoms with van der Waals surface area (Å²) >= 11 is 0. The summed E-state index contributed by atoms with van der Waals surface area (Å²) in [7, 11) is 2.00. The van der Waals surface area contributed by atoms with Crippen molar-refractivity contribution in [1.29, 1.82) is 0 Å². The number of aryl methyl sites for hydroxylation is 1. The van der Waals surface area contributed by atoms with Crippen molar-refractivity contribution < 1.29 is 9.53 Å². The van der Waals surface area contributed by atoms with Crippen LogP contribution in [-0.4, -0.2) is 37.5 Å². The Labute approximate surface area is 109 Å². The van der Waals surface area contributed by atoms with E-state index in [1.54, 1.807) is 0 Å². The van der Waals surface area contributed by atoms with Gasteiger partial charge in [0.05, 0.1) is 13.2 Å². The van der Waals surface area contributed by atoms with Crippen LogP contribution in [0.15, 0.2) is 24.3 Å². The van der Waals surface area contributed by atoms with E-state index in [0.717, 1.165) is 19.6 Å². The Morgan fingerprint density at radius 3 is 3.00 bits per heavy atom. The Morgan fingerprint density at radius 1 is 1.50 bits per heavy atom. The second-order valence-corrected chi connectivity index (χ2v) is 5.19. The maximum atomic E-state index is 12.0. The molecule has 0 aliphatic carbocycles. The molecule has 1 aliphatic rings. The molecule has 0 spiro atoms. The number of likely N-dealkylation sites (N-methyl/N-ethyl adjacent to an activating group) is 1. The van der Waals surface area contributed by atoms with E-state index >= 15 is 0 Å². The third-order valence-electron chi connectivity index (χ3n) is 3.35. The minimum atomic E-state index is 0.116. The van der Waals surface area contributed by atoms with Crippen LogP contribution in [0.3, 0.4) is 0 Å². The number of ketones is 1. The van der Waals surface area contributed by atoms with Gasteiger partial charge in [-0.05, 0) is 26.0 Å². The van der Waals surface area contributed by atoms with Crippen LogP contribution in [-0.2, 0) is 16.1 Å². The zero-order valence-corrected chi connectivity index (χ0v) is 11.2. The molecule has 0 aromatic heterocycles. The van der Waals surface area contributed by atoms with Gasteiger partial charge in [0, 0.05) is 19.1 Å². The van der Waals surface area contributed by atoms with Crippen LogP contribution < -0.4 is 0 Å². The third kappa shape index (κ3) is 3.65. The first-order valence-corrected chi connectivity index (χ1v) is 6.49. The second-order valence-electron chi connectivity index (χ2n) is 5.19. The maximum Gasteiger partial charge on any atom is 0.152 e. The molecule has 2 rings (SSSR count). The number of rotatable bonds is 5. The number of nitrogens with zero attached hydrogens (tertiary/aromatic N) is 1. The molecule has 0 radical (unpaired) electrons. The Hall–Kier alpha value is -1.19. The van der Waals surface area contributed by atoms with Crippen molar-refractivity contribution in [2.75, 3.05) is 26.8 Å². The highest BCUT2D eigenvalue weighted by Gasteiger charge is 2.23. The number of ether oxygens (including phenoxy) is 1. The molecule has 18 heavy (non-hydrogen) atoms. The highest BCUT2D eigenvalue weighted by Crippen LogP contribution is 2.14. The molecule has 0 N–H and O–H groups in total. The van der Waals surface area contributed by atoms with Crippen molar-refractivity contribution in [3.05, 3.63) is 35.4 Å². The van der Waals surface area contributed by atoms with E-state index in [-0.39, 0.29) is 5.92 Å². The fourth-order valence-corrected chi connectivity index (χ4v) is 2.36. The molecule has 0 bridgehead atoms. The van der Waals surface area contributed by atoms with E-state index in [1.807, 2.05) is 7.05 Å².